The third-order valence-electron chi connectivity index (χ3n) is 2.51. The van der Waals surface area contributed by atoms with Gasteiger partial charge in [-0.1, -0.05) is 23.7 Å². The Hall–Kier alpha value is -1.67. The molecule has 2 aromatic rings. The standard InChI is InChI=1S/C14H14ClNO/c1-9-4-3-5-11(6-9)17-14-8-12(15)13(16)7-10(14)2/h3-8H,16H2,1-2H3. The molecule has 0 amide bonds. The van der Waals surface area contributed by atoms with Crippen molar-refractivity contribution in [1.29, 1.82) is 0 Å². The molecule has 0 atom stereocenters. The van der Waals surface area contributed by atoms with Crippen molar-refractivity contribution in [3.8, 4) is 11.5 Å². The van der Waals surface area contributed by atoms with Crippen molar-refractivity contribution in [1.82, 2.24) is 0 Å². The minimum atomic E-state index is 0.512. The molecule has 3 heteroatoms. The van der Waals surface area contributed by atoms with Crippen LogP contribution in [0.5, 0.6) is 11.5 Å². The first-order valence-electron chi connectivity index (χ1n) is 5.36. The summed E-state index contributed by atoms with van der Waals surface area (Å²) in [5, 5.41) is 0.512. The molecule has 0 aliphatic carbocycles. The lowest BCUT2D eigenvalue weighted by Crippen LogP contribution is -1.92. The normalized spacial score (nSPS) is 10.3. The first-order valence-corrected chi connectivity index (χ1v) is 5.74. The quantitative estimate of drug-likeness (QED) is 0.802. The number of anilines is 1. The minimum Gasteiger partial charge on any atom is -0.457 e. The fourth-order valence-corrected chi connectivity index (χ4v) is 1.76. The number of nitrogen functional groups attached to an aromatic ring is 1. The summed E-state index contributed by atoms with van der Waals surface area (Å²) in [4.78, 5) is 0. The van der Waals surface area contributed by atoms with Gasteiger partial charge in [-0.2, -0.15) is 0 Å². The lowest BCUT2D eigenvalue weighted by atomic mass is 10.2. The monoisotopic (exact) mass is 247 g/mol. The number of nitrogens with two attached hydrogens (primary N) is 1. The first kappa shape index (κ1) is 11.8. The van der Waals surface area contributed by atoms with Crippen LogP contribution in [0.3, 0.4) is 0 Å². The molecule has 0 aromatic heterocycles. The van der Waals surface area contributed by atoms with Crippen LogP contribution in [0.4, 0.5) is 5.69 Å². The Morgan fingerprint density at radius 1 is 1.12 bits per heavy atom. The van der Waals surface area contributed by atoms with E-state index in [1.807, 2.05) is 44.2 Å². The van der Waals surface area contributed by atoms with E-state index in [-0.39, 0.29) is 0 Å². The molecule has 0 bridgehead atoms. The molecule has 2 rings (SSSR count). The first-order chi connectivity index (χ1) is 8.06. The molecule has 0 aliphatic heterocycles. The van der Waals surface area contributed by atoms with E-state index < -0.39 is 0 Å². The van der Waals surface area contributed by atoms with Crippen molar-refractivity contribution in [3.63, 3.8) is 0 Å². The average molecular weight is 248 g/mol. The molecule has 17 heavy (non-hydrogen) atoms. The molecule has 0 aliphatic rings. The summed E-state index contributed by atoms with van der Waals surface area (Å²) in [6, 6.07) is 11.4. The van der Waals surface area contributed by atoms with Gasteiger partial charge in [0, 0.05) is 6.07 Å². The molecule has 2 aromatic carbocycles. The number of benzene rings is 2. The molecule has 0 fully saturated rings. The summed E-state index contributed by atoms with van der Waals surface area (Å²) in [5.41, 5.74) is 8.41. The predicted octanol–water partition coefficient (Wildman–Crippen LogP) is 4.33. The van der Waals surface area contributed by atoms with Gasteiger partial charge in [-0.15, -0.1) is 0 Å². The van der Waals surface area contributed by atoms with E-state index in [2.05, 4.69) is 0 Å². The van der Waals surface area contributed by atoms with E-state index in [9.17, 15) is 0 Å². The van der Waals surface area contributed by atoms with Crippen molar-refractivity contribution in [2.45, 2.75) is 13.8 Å². The van der Waals surface area contributed by atoms with Gasteiger partial charge in [0.15, 0.2) is 0 Å². The van der Waals surface area contributed by atoms with Gasteiger partial charge in [0.05, 0.1) is 10.7 Å². The third kappa shape index (κ3) is 2.71. The van der Waals surface area contributed by atoms with Crippen LogP contribution < -0.4 is 10.5 Å². The summed E-state index contributed by atoms with van der Waals surface area (Å²) in [6.45, 7) is 3.97. The topological polar surface area (TPSA) is 35.2 Å². The van der Waals surface area contributed by atoms with Crippen molar-refractivity contribution in [3.05, 3.63) is 52.5 Å². The fraction of sp³-hybridized carbons (Fsp3) is 0.143. The summed E-state index contributed by atoms with van der Waals surface area (Å²) < 4.78 is 5.79. The van der Waals surface area contributed by atoms with Crippen LogP contribution in [0.2, 0.25) is 5.02 Å². The smallest absolute Gasteiger partial charge is 0.131 e. The second-order valence-corrected chi connectivity index (χ2v) is 4.46. The molecule has 2 N–H and O–H groups in total. The molecule has 0 spiro atoms. The second-order valence-electron chi connectivity index (χ2n) is 4.06. The third-order valence-corrected chi connectivity index (χ3v) is 2.84. The van der Waals surface area contributed by atoms with Crippen LogP contribution in [0.15, 0.2) is 36.4 Å². The minimum absolute atomic E-state index is 0.512. The van der Waals surface area contributed by atoms with Crippen LogP contribution in [-0.4, -0.2) is 0 Å². The van der Waals surface area contributed by atoms with Crippen molar-refractivity contribution >= 4 is 17.3 Å². The molecular weight excluding hydrogens is 234 g/mol. The average Bonchev–Trinajstić information content (AvgIpc) is 2.26. The largest absolute Gasteiger partial charge is 0.457 e. The molecule has 0 saturated carbocycles. The Kier molecular flexibility index (Phi) is 3.25. The summed E-state index contributed by atoms with van der Waals surface area (Å²) >= 11 is 5.98. The summed E-state index contributed by atoms with van der Waals surface area (Å²) in [7, 11) is 0. The molecular formula is C14H14ClNO. The van der Waals surface area contributed by atoms with Crippen LogP contribution in [-0.2, 0) is 0 Å². The van der Waals surface area contributed by atoms with Gasteiger partial charge >= 0.3 is 0 Å². The van der Waals surface area contributed by atoms with E-state index in [1.54, 1.807) is 6.07 Å². The molecule has 0 heterocycles. The maximum atomic E-state index is 5.98. The zero-order valence-corrected chi connectivity index (χ0v) is 10.6. The van der Waals surface area contributed by atoms with Crippen molar-refractivity contribution in [2.24, 2.45) is 0 Å². The molecule has 0 radical (unpaired) electrons. The highest BCUT2D eigenvalue weighted by Crippen LogP contribution is 2.31. The van der Waals surface area contributed by atoms with Gasteiger partial charge in [0.25, 0.3) is 0 Å². The van der Waals surface area contributed by atoms with Crippen molar-refractivity contribution < 1.29 is 4.74 Å². The predicted molar refractivity (Wildman–Crippen MR) is 71.9 cm³/mol. The Balaban J connectivity index is 2.33. The van der Waals surface area contributed by atoms with Crippen molar-refractivity contribution in [2.75, 3.05) is 5.73 Å². The lowest BCUT2D eigenvalue weighted by Gasteiger charge is -2.10. The van der Waals surface area contributed by atoms with Crippen LogP contribution in [0.1, 0.15) is 11.1 Å². The van der Waals surface area contributed by atoms with Gasteiger partial charge in [-0.05, 0) is 43.2 Å². The number of aryl methyl sites for hydroxylation is 2. The lowest BCUT2D eigenvalue weighted by molar-refractivity contribution is 0.478. The van der Waals surface area contributed by atoms with E-state index in [0.717, 1.165) is 22.6 Å². The Morgan fingerprint density at radius 3 is 2.59 bits per heavy atom. The van der Waals surface area contributed by atoms with Gasteiger partial charge in [-0.3, -0.25) is 0 Å². The maximum Gasteiger partial charge on any atom is 0.131 e. The summed E-state index contributed by atoms with van der Waals surface area (Å²) in [6.07, 6.45) is 0. The maximum absolute atomic E-state index is 5.98. The molecule has 0 unspecified atom stereocenters. The second kappa shape index (κ2) is 4.68. The van der Waals surface area contributed by atoms with Crippen LogP contribution in [0.25, 0.3) is 0 Å². The number of ether oxygens (including phenoxy) is 1. The van der Waals surface area contributed by atoms with Crippen LogP contribution in [0, 0.1) is 13.8 Å². The van der Waals surface area contributed by atoms with Gasteiger partial charge in [0.2, 0.25) is 0 Å². The van der Waals surface area contributed by atoms with Crippen LogP contribution >= 0.6 is 11.6 Å². The SMILES string of the molecule is Cc1cccc(Oc2cc(Cl)c(N)cc2C)c1. The summed E-state index contributed by atoms with van der Waals surface area (Å²) in [5.74, 6) is 1.53. The Morgan fingerprint density at radius 2 is 1.88 bits per heavy atom. The Bertz CT molecular complexity index is 552. The van der Waals surface area contributed by atoms with E-state index in [1.165, 1.54) is 0 Å². The molecule has 0 saturated heterocycles. The van der Waals surface area contributed by atoms with E-state index in [0.29, 0.717) is 10.7 Å². The van der Waals surface area contributed by atoms with Gasteiger partial charge in [-0.25, -0.2) is 0 Å². The molecule has 88 valence electrons. The van der Waals surface area contributed by atoms with E-state index >= 15 is 0 Å². The fourth-order valence-electron chi connectivity index (χ4n) is 1.60. The number of hydrogen-bond acceptors (Lipinski definition) is 2. The number of rotatable bonds is 2. The van der Waals surface area contributed by atoms with E-state index in [4.69, 9.17) is 22.1 Å². The number of hydrogen-bond donors (Lipinski definition) is 1. The van der Waals surface area contributed by atoms with Gasteiger partial charge < -0.3 is 10.5 Å². The zero-order valence-electron chi connectivity index (χ0n) is 9.83. The Labute approximate surface area is 106 Å². The number of halogens is 1. The highest BCUT2D eigenvalue weighted by Gasteiger charge is 2.05. The highest BCUT2D eigenvalue weighted by molar-refractivity contribution is 6.33. The highest BCUT2D eigenvalue weighted by atomic mass is 35.5. The van der Waals surface area contributed by atoms with Gasteiger partial charge in [0.1, 0.15) is 11.5 Å². The molecule has 2 nitrogen and oxygen atoms in total. The zero-order chi connectivity index (χ0) is 12.4.